The Bertz CT molecular complexity index is 1620. The van der Waals surface area contributed by atoms with E-state index in [1.54, 1.807) is 72.8 Å². The molecule has 6 aromatic rings. The van der Waals surface area contributed by atoms with E-state index in [9.17, 15) is 26.3 Å². The van der Waals surface area contributed by atoms with Gasteiger partial charge in [0.05, 0.1) is 0 Å². The van der Waals surface area contributed by atoms with Crippen molar-refractivity contribution >= 4 is 61.8 Å². The fraction of sp³-hybridized carbons (Fsp3) is 0. The quantitative estimate of drug-likeness (QED) is 0.0822. The van der Waals surface area contributed by atoms with Gasteiger partial charge in [0.25, 0.3) is 0 Å². The molecule has 0 spiro atoms. The van der Waals surface area contributed by atoms with Gasteiger partial charge in [-0.2, -0.15) is 0 Å². The van der Waals surface area contributed by atoms with Gasteiger partial charge in [-0.3, -0.25) is 0 Å². The Hall–Kier alpha value is -3.00. The second-order valence-electron chi connectivity index (χ2n) is 10.6. The Morgan fingerprint density at radius 3 is 0.532 bits per heavy atom. The van der Waals surface area contributed by atoms with Gasteiger partial charge in [0.15, 0.2) is 0 Å². The summed E-state index contributed by atoms with van der Waals surface area (Å²) in [6, 6.07) is 34.4. The summed E-state index contributed by atoms with van der Waals surface area (Å²) in [6.45, 7) is 0. The summed E-state index contributed by atoms with van der Waals surface area (Å²) in [5.41, 5.74) is -7.97. The van der Waals surface area contributed by atoms with Gasteiger partial charge < -0.3 is 0 Å². The van der Waals surface area contributed by atoms with Gasteiger partial charge >= 0.3 is 281 Å². The molecule has 0 aromatic heterocycles. The van der Waals surface area contributed by atoms with Gasteiger partial charge in [-0.1, -0.05) is 0 Å². The topological polar surface area (TPSA) is 0 Å². The Kier molecular flexibility index (Phi) is 9.72. The first-order valence-corrected chi connectivity index (χ1v) is 26.4. The van der Waals surface area contributed by atoms with Crippen LogP contribution in [0.15, 0.2) is 146 Å². The van der Waals surface area contributed by atoms with E-state index < -0.39 is 58.3 Å². The van der Waals surface area contributed by atoms with E-state index in [0.29, 0.717) is 31.8 Å². The van der Waals surface area contributed by atoms with Crippen LogP contribution in [0.4, 0.5) is 26.3 Å². The second-order valence-corrected chi connectivity index (χ2v) is 42.5. The Labute approximate surface area is 279 Å². The molecule has 6 rings (SSSR count). The number of hydrogen-bond acceptors (Lipinski definition) is 0. The number of hydrogen-bond donors (Lipinski definition) is 0. The molecule has 0 saturated carbocycles. The number of halogens is 8. The number of rotatable bonds is 8. The molecule has 0 N–H and O–H groups in total. The van der Waals surface area contributed by atoms with Crippen LogP contribution in [0.1, 0.15) is 0 Å². The normalized spacial score (nSPS) is 13.3. The van der Waals surface area contributed by atoms with Gasteiger partial charge in [-0.15, -0.1) is 0 Å². The molecular weight excluding hydrogens is 786 g/mol. The van der Waals surface area contributed by atoms with Gasteiger partial charge in [-0.05, 0) is 0 Å². The summed E-state index contributed by atoms with van der Waals surface area (Å²) in [5, 5.41) is 3.35. The fourth-order valence-corrected chi connectivity index (χ4v) is 61.4. The van der Waals surface area contributed by atoms with Crippen LogP contribution < -0.4 is 31.8 Å². The van der Waals surface area contributed by atoms with Crippen molar-refractivity contribution in [3.8, 4) is 0 Å². The van der Waals surface area contributed by atoms with Gasteiger partial charge in [0, 0.05) is 0 Å². The average molecular weight is 812 g/mol. The van der Waals surface area contributed by atoms with Crippen molar-refractivity contribution in [1.82, 2.24) is 0 Å². The molecule has 11 heteroatoms. The monoisotopic (exact) mass is 810 g/mol. The molecule has 47 heavy (non-hydrogen) atoms. The molecular formula is C36H26Cl2F6P2Pd. The first-order valence-electron chi connectivity index (χ1n) is 14.1. The van der Waals surface area contributed by atoms with Gasteiger partial charge in [0.1, 0.15) is 0 Å². The SMILES string of the molecule is Fc1ccc([PH](c2ccc(F)cc2)(c2ccc(F)cc2)[Pd]([Cl])([Cl])[PH](c2ccc(F)cc2)(c2ccc(F)cc2)c2ccc(F)cc2)cc1. The van der Waals surface area contributed by atoms with Crippen LogP contribution in [0.3, 0.4) is 0 Å². The van der Waals surface area contributed by atoms with E-state index in [-0.39, 0.29) is 0 Å². The van der Waals surface area contributed by atoms with Crippen molar-refractivity contribution < 1.29 is 38.8 Å². The minimum absolute atomic E-state index is 0.522. The zero-order valence-corrected chi connectivity index (χ0v) is 29.3. The fourth-order valence-electron chi connectivity index (χ4n) is 5.88. The molecule has 0 radical (unpaired) electrons. The Morgan fingerprint density at radius 1 is 0.277 bits per heavy atom. The predicted molar refractivity (Wildman–Crippen MR) is 185 cm³/mol. The van der Waals surface area contributed by atoms with Gasteiger partial charge in [0.2, 0.25) is 0 Å². The maximum atomic E-state index is 14.6. The van der Waals surface area contributed by atoms with Crippen LogP contribution in [-0.2, 0) is 12.5 Å². The molecule has 0 nitrogen and oxygen atoms in total. The van der Waals surface area contributed by atoms with Crippen LogP contribution in [0, 0.1) is 34.9 Å². The van der Waals surface area contributed by atoms with Crippen molar-refractivity contribution in [3.63, 3.8) is 0 Å². The second kappa shape index (κ2) is 13.5. The van der Waals surface area contributed by atoms with Crippen molar-refractivity contribution in [2.24, 2.45) is 0 Å². The molecule has 0 amide bonds. The molecule has 0 saturated heterocycles. The number of benzene rings is 6. The summed E-state index contributed by atoms with van der Waals surface area (Å²) in [6.07, 6.45) is 0. The zero-order valence-electron chi connectivity index (χ0n) is 24.2. The van der Waals surface area contributed by atoms with E-state index in [1.165, 1.54) is 72.8 Å². The van der Waals surface area contributed by atoms with E-state index in [2.05, 4.69) is 0 Å². The van der Waals surface area contributed by atoms with Crippen molar-refractivity contribution in [2.75, 3.05) is 0 Å². The minimum atomic E-state index is -4.51. The molecule has 0 heterocycles. The molecule has 0 atom stereocenters. The maximum absolute atomic E-state index is 14.6. The third-order valence-corrected chi connectivity index (χ3v) is 53.7. The molecule has 0 aliphatic carbocycles. The summed E-state index contributed by atoms with van der Waals surface area (Å²) in [4.78, 5) is 0. The summed E-state index contributed by atoms with van der Waals surface area (Å²) in [7, 11) is 16.6. The first-order chi connectivity index (χ1) is 22.5. The summed E-state index contributed by atoms with van der Waals surface area (Å²) < 4.78 is 87.5. The van der Waals surface area contributed by atoms with Crippen molar-refractivity contribution in [3.05, 3.63) is 180 Å². The predicted octanol–water partition coefficient (Wildman–Crippen LogP) is 8.57. The molecule has 246 valence electrons. The molecule has 0 fully saturated rings. The van der Waals surface area contributed by atoms with Crippen LogP contribution in [-0.4, -0.2) is 0 Å². The zero-order chi connectivity index (χ0) is 33.4. The molecule has 0 bridgehead atoms. The van der Waals surface area contributed by atoms with E-state index in [4.69, 9.17) is 19.1 Å². The van der Waals surface area contributed by atoms with Crippen molar-refractivity contribution in [1.29, 1.82) is 0 Å². The summed E-state index contributed by atoms with van der Waals surface area (Å²) >= 11 is -4.51. The van der Waals surface area contributed by atoms with Crippen molar-refractivity contribution in [2.45, 2.75) is 0 Å². The molecule has 0 unspecified atom stereocenters. The van der Waals surface area contributed by atoms with E-state index >= 15 is 0 Å². The Morgan fingerprint density at radius 2 is 0.404 bits per heavy atom. The third-order valence-electron chi connectivity index (χ3n) is 7.94. The first kappa shape index (κ1) is 33.9. The van der Waals surface area contributed by atoms with Crippen LogP contribution in [0.5, 0.6) is 0 Å². The molecule has 0 aliphatic rings. The molecule has 0 aliphatic heterocycles. The van der Waals surface area contributed by atoms with E-state index in [0.717, 1.165) is 0 Å². The van der Waals surface area contributed by atoms with Gasteiger partial charge in [-0.25, -0.2) is 0 Å². The average Bonchev–Trinajstić information content (AvgIpc) is 3.06. The standard InChI is InChI=1S/2C18H12F3P.2ClH.Pd/c2*19-13-1-7-16(8-2-13)22(17-9-3-14(20)4-10-17)18-11-5-15(21)6-12-18;;;/h2*1-12H;2*1H;. The third kappa shape index (κ3) is 5.87. The van der Waals surface area contributed by atoms with Crippen LogP contribution in [0.2, 0.25) is 0 Å². The summed E-state index contributed by atoms with van der Waals surface area (Å²) in [5.74, 6) is -3.13. The molecule has 6 aromatic carbocycles. The Balaban J connectivity index is 1.88. The van der Waals surface area contributed by atoms with E-state index in [1.807, 2.05) is 0 Å². The van der Waals surface area contributed by atoms with Crippen LogP contribution >= 0.6 is 30.0 Å². The van der Waals surface area contributed by atoms with Crippen LogP contribution in [0.25, 0.3) is 0 Å².